The summed E-state index contributed by atoms with van der Waals surface area (Å²) in [6, 6.07) is 10.6. The highest BCUT2D eigenvalue weighted by Crippen LogP contribution is 2.21. The number of anilines is 1. The standard InChI is InChI=1S/C30H39N7O7/c1-43-28(41)19-15-20(29(42)44-2)17-21(16-19)35-25(38)23(10-6-12-34-30(32)33)36-26(39)24-11-7-13-37(24)27(40)22(31)14-18-8-4-3-5-9-18/h3-5,8-9,15-17,22-24H,6-7,10-14,31H2,1-2H3,(H,35,38)(H,36,39)(H4,32,33,34)/t22-,23-,24+/m0/s1. The highest BCUT2D eigenvalue weighted by atomic mass is 16.5. The lowest BCUT2D eigenvalue weighted by atomic mass is 10.0. The Morgan fingerprint density at radius 1 is 1.00 bits per heavy atom. The molecule has 0 radical (unpaired) electrons. The Balaban J connectivity index is 1.78. The molecule has 0 saturated carbocycles. The molecule has 1 aliphatic rings. The number of esters is 2. The minimum atomic E-state index is -1.07. The largest absolute Gasteiger partial charge is 0.465 e. The van der Waals surface area contributed by atoms with E-state index < -0.39 is 41.9 Å². The predicted molar refractivity (Wildman–Crippen MR) is 162 cm³/mol. The van der Waals surface area contributed by atoms with Gasteiger partial charge in [-0.1, -0.05) is 30.3 Å². The van der Waals surface area contributed by atoms with Crippen LogP contribution in [0.5, 0.6) is 0 Å². The SMILES string of the molecule is COC(=O)c1cc(NC(=O)[C@H](CCCN=C(N)N)NC(=O)[C@H]2CCCN2C(=O)[C@@H](N)Cc2ccccc2)cc(C(=O)OC)c1. The molecule has 0 bridgehead atoms. The normalized spacial score (nSPS) is 15.4. The molecule has 1 saturated heterocycles. The lowest BCUT2D eigenvalue weighted by molar-refractivity contribution is -0.140. The Bertz CT molecular complexity index is 1340. The number of hydrogen-bond donors (Lipinski definition) is 5. The van der Waals surface area contributed by atoms with E-state index >= 15 is 0 Å². The number of hydrogen-bond acceptors (Lipinski definition) is 9. The number of methoxy groups -OCH3 is 2. The number of nitrogens with two attached hydrogens (primary N) is 3. The first-order valence-corrected chi connectivity index (χ1v) is 14.1. The zero-order valence-electron chi connectivity index (χ0n) is 24.8. The Morgan fingerprint density at radius 3 is 2.23 bits per heavy atom. The summed E-state index contributed by atoms with van der Waals surface area (Å²) in [5.74, 6) is -3.07. The summed E-state index contributed by atoms with van der Waals surface area (Å²) < 4.78 is 9.50. The van der Waals surface area contributed by atoms with Gasteiger partial charge in [-0.2, -0.15) is 0 Å². The summed E-state index contributed by atoms with van der Waals surface area (Å²) in [5, 5.41) is 5.41. The third kappa shape index (κ3) is 9.26. The average molecular weight is 610 g/mol. The molecule has 8 N–H and O–H groups in total. The minimum Gasteiger partial charge on any atom is -0.465 e. The second kappa shape index (κ2) is 16.0. The molecule has 236 valence electrons. The Labute approximate surface area is 255 Å². The molecule has 0 spiro atoms. The van der Waals surface area contributed by atoms with Gasteiger partial charge in [0, 0.05) is 18.8 Å². The van der Waals surface area contributed by atoms with E-state index in [1.165, 1.54) is 37.3 Å². The average Bonchev–Trinajstić information content (AvgIpc) is 3.51. The van der Waals surface area contributed by atoms with Crippen molar-refractivity contribution in [1.82, 2.24) is 10.2 Å². The fourth-order valence-electron chi connectivity index (χ4n) is 4.91. The van der Waals surface area contributed by atoms with Crippen molar-refractivity contribution in [2.24, 2.45) is 22.2 Å². The molecule has 1 fully saturated rings. The van der Waals surface area contributed by atoms with Crippen molar-refractivity contribution in [3.63, 3.8) is 0 Å². The van der Waals surface area contributed by atoms with E-state index in [0.29, 0.717) is 32.2 Å². The van der Waals surface area contributed by atoms with E-state index in [9.17, 15) is 24.0 Å². The molecule has 0 aromatic heterocycles. The van der Waals surface area contributed by atoms with Gasteiger partial charge in [-0.3, -0.25) is 19.4 Å². The minimum absolute atomic E-state index is 0.00555. The number of carbonyl (C=O) groups excluding carboxylic acids is 5. The van der Waals surface area contributed by atoms with Crippen molar-refractivity contribution in [2.45, 2.75) is 50.2 Å². The first kappa shape index (κ1) is 33.5. The molecule has 2 aromatic rings. The highest BCUT2D eigenvalue weighted by molar-refractivity contribution is 6.02. The van der Waals surface area contributed by atoms with Gasteiger partial charge in [0.25, 0.3) is 0 Å². The van der Waals surface area contributed by atoms with Gasteiger partial charge in [0.15, 0.2) is 5.96 Å². The van der Waals surface area contributed by atoms with Crippen molar-refractivity contribution in [3.8, 4) is 0 Å². The van der Waals surface area contributed by atoms with Crippen LogP contribution in [0.25, 0.3) is 0 Å². The number of amides is 3. The summed E-state index contributed by atoms with van der Waals surface area (Å²) in [7, 11) is 2.36. The summed E-state index contributed by atoms with van der Waals surface area (Å²) >= 11 is 0. The van der Waals surface area contributed by atoms with E-state index in [4.69, 9.17) is 26.7 Å². The molecule has 1 aliphatic heterocycles. The molecule has 14 nitrogen and oxygen atoms in total. The summed E-state index contributed by atoms with van der Waals surface area (Å²) in [6.45, 7) is 0.562. The van der Waals surface area contributed by atoms with Gasteiger partial charge in [0.2, 0.25) is 17.7 Å². The van der Waals surface area contributed by atoms with Crippen LogP contribution in [0.1, 0.15) is 52.0 Å². The third-order valence-corrected chi connectivity index (χ3v) is 7.08. The second-order valence-corrected chi connectivity index (χ2v) is 10.3. The molecular formula is C30H39N7O7. The summed E-state index contributed by atoms with van der Waals surface area (Å²) in [5.41, 5.74) is 18.1. The molecule has 14 heteroatoms. The van der Waals surface area contributed by atoms with Crippen molar-refractivity contribution < 1.29 is 33.4 Å². The van der Waals surface area contributed by atoms with Crippen LogP contribution in [-0.4, -0.2) is 86.0 Å². The molecule has 44 heavy (non-hydrogen) atoms. The van der Waals surface area contributed by atoms with Crippen LogP contribution in [0.15, 0.2) is 53.5 Å². The topological polar surface area (TPSA) is 222 Å². The second-order valence-electron chi connectivity index (χ2n) is 10.3. The van der Waals surface area contributed by atoms with E-state index in [0.717, 1.165) is 5.56 Å². The lowest BCUT2D eigenvalue weighted by Crippen LogP contribution is -2.54. The number of guanidine groups is 1. The molecule has 1 heterocycles. The van der Waals surface area contributed by atoms with Crippen LogP contribution in [0, 0.1) is 0 Å². The van der Waals surface area contributed by atoms with Gasteiger partial charge < -0.3 is 42.2 Å². The maximum atomic E-state index is 13.5. The van der Waals surface area contributed by atoms with E-state index in [1.54, 1.807) is 0 Å². The monoisotopic (exact) mass is 609 g/mol. The summed E-state index contributed by atoms with van der Waals surface area (Å²) in [6.07, 6.45) is 1.80. The molecular weight excluding hydrogens is 570 g/mol. The Hall–Kier alpha value is -4.98. The van der Waals surface area contributed by atoms with Gasteiger partial charge >= 0.3 is 11.9 Å². The number of ether oxygens (including phenoxy) is 2. The van der Waals surface area contributed by atoms with Crippen molar-refractivity contribution >= 4 is 41.3 Å². The molecule has 3 atom stereocenters. The zero-order chi connectivity index (χ0) is 32.2. The molecule has 3 amide bonds. The maximum absolute atomic E-state index is 13.5. The fourth-order valence-corrected chi connectivity index (χ4v) is 4.91. The maximum Gasteiger partial charge on any atom is 0.337 e. The van der Waals surface area contributed by atoms with Gasteiger partial charge in [-0.25, -0.2) is 9.59 Å². The first-order valence-electron chi connectivity index (χ1n) is 14.1. The first-order chi connectivity index (χ1) is 21.0. The van der Waals surface area contributed by atoms with Crippen molar-refractivity contribution in [1.29, 1.82) is 0 Å². The van der Waals surface area contributed by atoms with Crippen molar-refractivity contribution in [2.75, 3.05) is 32.6 Å². The number of rotatable bonds is 13. The van der Waals surface area contributed by atoms with E-state index in [1.807, 2.05) is 30.3 Å². The molecule has 0 unspecified atom stereocenters. The number of nitrogens with one attached hydrogen (secondary N) is 2. The Kier molecular flexibility index (Phi) is 12.2. The van der Waals surface area contributed by atoms with Crippen LogP contribution in [-0.2, 0) is 30.3 Å². The van der Waals surface area contributed by atoms with Crippen LogP contribution in [0.2, 0.25) is 0 Å². The quantitative estimate of drug-likeness (QED) is 0.0904. The van der Waals surface area contributed by atoms with Crippen molar-refractivity contribution in [3.05, 3.63) is 65.2 Å². The van der Waals surface area contributed by atoms with Gasteiger partial charge in [0.05, 0.1) is 31.4 Å². The number of likely N-dealkylation sites (tertiary alicyclic amines) is 1. The fraction of sp³-hybridized carbons (Fsp3) is 0.400. The number of aliphatic imine (C=N–C) groups is 1. The predicted octanol–water partition coefficient (Wildman–Crippen LogP) is 0.298. The molecule has 3 rings (SSSR count). The number of nitrogens with zero attached hydrogens (tertiary/aromatic N) is 2. The highest BCUT2D eigenvalue weighted by Gasteiger charge is 2.37. The smallest absolute Gasteiger partial charge is 0.337 e. The summed E-state index contributed by atoms with van der Waals surface area (Å²) in [4.78, 5) is 70.0. The lowest BCUT2D eigenvalue weighted by Gasteiger charge is -2.28. The van der Waals surface area contributed by atoms with E-state index in [2.05, 4.69) is 15.6 Å². The van der Waals surface area contributed by atoms with Gasteiger partial charge in [-0.05, 0) is 55.9 Å². The molecule has 0 aliphatic carbocycles. The van der Waals surface area contributed by atoms with Crippen LogP contribution < -0.4 is 27.8 Å². The number of benzene rings is 2. The van der Waals surface area contributed by atoms with Crippen LogP contribution in [0.4, 0.5) is 5.69 Å². The zero-order valence-corrected chi connectivity index (χ0v) is 24.8. The number of carbonyl (C=O) groups is 5. The van der Waals surface area contributed by atoms with E-state index in [-0.39, 0.29) is 41.6 Å². The Morgan fingerprint density at radius 2 is 1.64 bits per heavy atom. The molecule has 2 aromatic carbocycles. The van der Waals surface area contributed by atoms with Crippen LogP contribution >= 0.6 is 0 Å². The van der Waals surface area contributed by atoms with Gasteiger partial charge in [0.1, 0.15) is 12.1 Å². The van der Waals surface area contributed by atoms with Crippen LogP contribution in [0.3, 0.4) is 0 Å². The third-order valence-electron chi connectivity index (χ3n) is 7.08. The van der Waals surface area contributed by atoms with Gasteiger partial charge in [-0.15, -0.1) is 0 Å².